The first-order valence-electron chi connectivity index (χ1n) is 9.68. The standard InChI is InChI=1S/C23H27ClN4O/c1-6-11-26-15(3)20-21(25)16(4)28(19-12-14(2)23(29)27(5)13-19)22(20)17-7-9-18(24)10-8-17/h7-10,12-13,22H,4,6,11,25H2,1-3,5H3. The second-order valence-electron chi connectivity index (χ2n) is 7.36. The van der Waals surface area contributed by atoms with Gasteiger partial charge < -0.3 is 15.2 Å². The van der Waals surface area contributed by atoms with Crippen LogP contribution in [0.15, 0.2) is 69.9 Å². The van der Waals surface area contributed by atoms with E-state index in [0.29, 0.717) is 22.0 Å². The molecule has 1 aromatic carbocycles. The van der Waals surface area contributed by atoms with Gasteiger partial charge in [0.2, 0.25) is 0 Å². The number of pyridine rings is 1. The summed E-state index contributed by atoms with van der Waals surface area (Å²) >= 11 is 6.13. The van der Waals surface area contributed by atoms with Crippen LogP contribution >= 0.6 is 11.6 Å². The number of aryl methyl sites for hydroxylation is 2. The fourth-order valence-corrected chi connectivity index (χ4v) is 3.85. The Labute approximate surface area is 176 Å². The number of halogens is 1. The molecule has 1 aliphatic rings. The molecule has 0 radical (unpaired) electrons. The molecule has 0 aliphatic carbocycles. The average molecular weight is 411 g/mol. The topological polar surface area (TPSA) is 63.6 Å². The molecule has 152 valence electrons. The number of nitrogens with zero attached hydrogens (tertiary/aromatic N) is 3. The number of rotatable bonds is 5. The summed E-state index contributed by atoms with van der Waals surface area (Å²) < 4.78 is 1.59. The Balaban J connectivity index is 2.21. The minimum absolute atomic E-state index is 0.0246. The molecule has 2 N–H and O–H groups in total. The van der Waals surface area contributed by atoms with Gasteiger partial charge in [-0.05, 0) is 44.0 Å². The van der Waals surface area contributed by atoms with Gasteiger partial charge in [0, 0.05) is 41.7 Å². The summed E-state index contributed by atoms with van der Waals surface area (Å²) in [4.78, 5) is 19.0. The van der Waals surface area contributed by atoms with Crippen LogP contribution < -0.4 is 16.2 Å². The van der Waals surface area contributed by atoms with Gasteiger partial charge in [0.05, 0.1) is 23.1 Å². The zero-order chi connectivity index (χ0) is 21.3. The van der Waals surface area contributed by atoms with Crippen LogP contribution in [-0.4, -0.2) is 16.8 Å². The van der Waals surface area contributed by atoms with Crippen molar-refractivity contribution < 1.29 is 0 Å². The molecule has 2 aromatic rings. The molecule has 1 aliphatic heterocycles. The van der Waals surface area contributed by atoms with Crippen molar-refractivity contribution in [3.63, 3.8) is 0 Å². The van der Waals surface area contributed by atoms with Gasteiger partial charge in [-0.15, -0.1) is 0 Å². The van der Waals surface area contributed by atoms with E-state index in [2.05, 4.69) is 18.4 Å². The number of nitrogens with two attached hydrogens (primary N) is 1. The Morgan fingerprint density at radius 1 is 1.31 bits per heavy atom. The highest BCUT2D eigenvalue weighted by Gasteiger charge is 2.37. The van der Waals surface area contributed by atoms with Gasteiger partial charge in [-0.3, -0.25) is 9.79 Å². The van der Waals surface area contributed by atoms with Crippen LogP contribution in [0.5, 0.6) is 0 Å². The van der Waals surface area contributed by atoms with Crippen LogP contribution in [0.25, 0.3) is 0 Å². The lowest BCUT2D eigenvalue weighted by Crippen LogP contribution is -2.28. The van der Waals surface area contributed by atoms with E-state index in [4.69, 9.17) is 22.3 Å². The SMILES string of the molecule is C=C1C(N)=C(C(C)=NCCC)C(c2ccc(Cl)cc2)N1c1cc(C)c(=O)n(C)c1. The van der Waals surface area contributed by atoms with E-state index >= 15 is 0 Å². The Hall–Kier alpha value is -2.79. The molecule has 3 rings (SSSR count). The van der Waals surface area contributed by atoms with Crippen molar-refractivity contribution in [1.29, 1.82) is 0 Å². The Bertz CT molecular complexity index is 1040. The van der Waals surface area contributed by atoms with Crippen LogP contribution in [0, 0.1) is 6.92 Å². The van der Waals surface area contributed by atoms with Crippen LogP contribution in [0.3, 0.4) is 0 Å². The van der Waals surface area contributed by atoms with Crippen molar-refractivity contribution in [3.05, 3.63) is 86.6 Å². The number of aliphatic imine (C=N–C) groups is 1. The zero-order valence-electron chi connectivity index (χ0n) is 17.4. The monoisotopic (exact) mass is 410 g/mol. The van der Waals surface area contributed by atoms with E-state index in [1.807, 2.05) is 50.4 Å². The van der Waals surface area contributed by atoms with Gasteiger partial charge in [-0.2, -0.15) is 0 Å². The van der Waals surface area contributed by atoms with E-state index < -0.39 is 0 Å². The van der Waals surface area contributed by atoms with Crippen molar-refractivity contribution in [2.24, 2.45) is 17.8 Å². The van der Waals surface area contributed by atoms with Crippen molar-refractivity contribution in [2.45, 2.75) is 33.2 Å². The summed E-state index contributed by atoms with van der Waals surface area (Å²) in [7, 11) is 1.75. The lowest BCUT2D eigenvalue weighted by atomic mass is 9.95. The maximum atomic E-state index is 12.2. The summed E-state index contributed by atoms with van der Waals surface area (Å²) in [5.41, 5.74) is 12.2. The third kappa shape index (κ3) is 3.87. The van der Waals surface area contributed by atoms with Gasteiger partial charge in [0.1, 0.15) is 0 Å². The Morgan fingerprint density at radius 3 is 2.55 bits per heavy atom. The summed E-state index contributed by atoms with van der Waals surface area (Å²) in [6.07, 6.45) is 2.78. The number of aromatic nitrogens is 1. The lowest BCUT2D eigenvalue weighted by molar-refractivity contribution is 0.800. The lowest BCUT2D eigenvalue weighted by Gasteiger charge is -2.30. The van der Waals surface area contributed by atoms with Crippen LogP contribution in [0.4, 0.5) is 5.69 Å². The minimum atomic E-state index is -0.197. The molecule has 1 unspecified atom stereocenters. The Morgan fingerprint density at radius 2 is 1.97 bits per heavy atom. The average Bonchev–Trinajstić information content (AvgIpc) is 2.95. The highest BCUT2D eigenvalue weighted by atomic mass is 35.5. The van der Waals surface area contributed by atoms with Crippen molar-refractivity contribution in [3.8, 4) is 0 Å². The van der Waals surface area contributed by atoms with Gasteiger partial charge in [0.15, 0.2) is 0 Å². The van der Waals surface area contributed by atoms with Crippen molar-refractivity contribution in [2.75, 3.05) is 11.4 Å². The molecule has 0 amide bonds. The van der Waals surface area contributed by atoms with Crippen LogP contribution in [0.2, 0.25) is 5.02 Å². The zero-order valence-corrected chi connectivity index (χ0v) is 18.1. The summed E-state index contributed by atoms with van der Waals surface area (Å²) in [6.45, 7) is 10.9. The van der Waals surface area contributed by atoms with Gasteiger partial charge in [-0.25, -0.2) is 0 Å². The first-order valence-corrected chi connectivity index (χ1v) is 10.1. The van der Waals surface area contributed by atoms with Crippen molar-refractivity contribution >= 4 is 23.0 Å². The normalized spacial score (nSPS) is 17.4. The second kappa shape index (κ2) is 8.29. The summed E-state index contributed by atoms with van der Waals surface area (Å²) in [5, 5.41) is 0.671. The third-order valence-electron chi connectivity index (χ3n) is 5.20. The fraction of sp³-hybridized carbons (Fsp3) is 0.304. The maximum absolute atomic E-state index is 12.2. The van der Waals surface area contributed by atoms with E-state index in [1.165, 1.54) is 0 Å². The second-order valence-corrected chi connectivity index (χ2v) is 7.80. The molecular weight excluding hydrogens is 384 g/mol. The summed E-state index contributed by atoms with van der Waals surface area (Å²) in [6, 6.07) is 9.41. The molecule has 2 heterocycles. The number of hydrogen-bond acceptors (Lipinski definition) is 4. The smallest absolute Gasteiger partial charge is 0.253 e. The van der Waals surface area contributed by atoms with E-state index in [0.717, 1.165) is 35.5 Å². The number of hydrogen-bond donors (Lipinski definition) is 1. The molecule has 0 saturated carbocycles. The van der Waals surface area contributed by atoms with E-state index in [1.54, 1.807) is 11.6 Å². The Kier molecular flexibility index (Phi) is 5.99. The first-order chi connectivity index (χ1) is 13.8. The highest BCUT2D eigenvalue weighted by Crippen LogP contribution is 2.44. The van der Waals surface area contributed by atoms with E-state index in [-0.39, 0.29) is 11.6 Å². The fourth-order valence-electron chi connectivity index (χ4n) is 3.73. The predicted molar refractivity (Wildman–Crippen MR) is 122 cm³/mol. The molecule has 0 spiro atoms. The molecule has 1 aromatic heterocycles. The van der Waals surface area contributed by atoms with Gasteiger partial charge >= 0.3 is 0 Å². The predicted octanol–water partition coefficient (Wildman–Crippen LogP) is 4.51. The molecule has 0 fully saturated rings. The van der Waals surface area contributed by atoms with E-state index in [9.17, 15) is 4.79 Å². The molecule has 6 heteroatoms. The molecule has 0 saturated heterocycles. The first kappa shape index (κ1) is 20.9. The van der Waals surface area contributed by atoms with Gasteiger partial charge in [0.25, 0.3) is 5.56 Å². The van der Waals surface area contributed by atoms with Gasteiger partial charge in [-0.1, -0.05) is 37.2 Å². The van der Waals surface area contributed by atoms with Crippen LogP contribution in [-0.2, 0) is 7.05 Å². The van der Waals surface area contributed by atoms with Crippen LogP contribution in [0.1, 0.15) is 37.4 Å². The minimum Gasteiger partial charge on any atom is -0.397 e. The largest absolute Gasteiger partial charge is 0.397 e. The number of benzene rings is 1. The molecular formula is C23H27ClN4O. The molecule has 0 bridgehead atoms. The maximum Gasteiger partial charge on any atom is 0.253 e. The molecule has 1 atom stereocenters. The molecule has 29 heavy (non-hydrogen) atoms. The highest BCUT2D eigenvalue weighted by molar-refractivity contribution is 6.30. The molecule has 5 nitrogen and oxygen atoms in total. The van der Waals surface area contributed by atoms with Crippen molar-refractivity contribution in [1.82, 2.24) is 4.57 Å². The summed E-state index contributed by atoms with van der Waals surface area (Å²) in [5.74, 6) is 0. The quantitative estimate of drug-likeness (QED) is 0.738. The number of anilines is 1. The third-order valence-corrected chi connectivity index (χ3v) is 5.45.